The third kappa shape index (κ3) is 5.98. The number of imidazole rings is 1. The number of benzene rings is 1. The average Bonchev–Trinajstić information content (AvgIpc) is 3.47. The van der Waals surface area contributed by atoms with Gasteiger partial charge in [-0.15, -0.1) is 0 Å². The molecule has 2 saturated heterocycles. The largest absolute Gasteiger partial charge is 0.462 e. The summed E-state index contributed by atoms with van der Waals surface area (Å²) in [6.45, 7) is 4.41. The lowest BCUT2D eigenvalue weighted by Crippen LogP contribution is -2.56. The monoisotopic (exact) mass is 608 g/mol. The number of fused-ring (bicyclic) bond motifs is 1. The number of para-hydroxylation sites is 1. The molecule has 2 aromatic heterocycles. The molecule has 5 atom stereocenters. The number of aliphatic hydroxyl groups is 1. The molecule has 1 unspecified atom stereocenters. The number of nitrogens with zero attached hydrogens (tertiary/aromatic N) is 4. The Morgan fingerprint density at radius 3 is 2.69 bits per heavy atom. The number of hydrogen-bond acceptors (Lipinski definition) is 12. The van der Waals surface area contributed by atoms with Crippen molar-refractivity contribution in [2.24, 2.45) is 0 Å². The van der Waals surface area contributed by atoms with Crippen molar-refractivity contribution in [3.63, 3.8) is 0 Å². The van der Waals surface area contributed by atoms with E-state index in [1.54, 1.807) is 44.2 Å². The van der Waals surface area contributed by atoms with Crippen LogP contribution in [0.5, 0.6) is 5.75 Å². The van der Waals surface area contributed by atoms with Crippen molar-refractivity contribution in [1.29, 1.82) is 0 Å². The molecule has 5 rings (SSSR count). The van der Waals surface area contributed by atoms with Crippen LogP contribution in [0.15, 0.2) is 42.9 Å². The number of aliphatic hydroxyl groups excluding tert-OH is 1. The molecule has 1 aromatic carbocycles. The van der Waals surface area contributed by atoms with Crippen LogP contribution in [-0.2, 0) is 28.1 Å². The number of alkyl halides is 1. The van der Waals surface area contributed by atoms with Gasteiger partial charge in [-0.1, -0.05) is 18.2 Å². The number of rotatable bonds is 10. The number of hydrogen-bond donors (Lipinski definition) is 3. The summed E-state index contributed by atoms with van der Waals surface area (Å²) in [5.74, 6) is -0.362. The summed E-state index contributed by atoms with van der Waals surface area (Å²) in [5, 5.41) is 17.8. The van der Waals surface area contributed by atoms with Gasteiger partial charge in [-0.25, -0.2) is 23.4 Å². The first-order chi connectivity index (χ1) is 19.9. The number of nitrogens with two attached hydrogens (primary N) is 1. The predicted octanol–water partition coefficient (Wildman–Crippen LogP) is 2.53. The summed E-state index contributed by atoms with van der Waals surface area (Å²) in [6.07, 6.45) is -1.98. The Labute approximate surface area is 241 Å². The molecule has 0 amide bonds. The van der Waals surface area contributed by atoms with Crippen LogP contribution in [0.4, 0.5) is 10.2 Å². The van der Waals surface area contributed by atoms with E-state index in [1.807, 2.05) is 0 Å². The van der Waals surface area contributed by atoms with Gasteiger partial charge in [0.2, 0.25) is 0 Å². The zero-order valence-electron chi connectivity index (χ0n) is 23.4. The quantitative estimate of drug-likeness (QED) is 0.226. The fourth-order valence-electron chi connectivity index (χ4n) is 4.96. The van der Waals surface area contributed by atoms with Crippen molar-refractivity contribution in [3.05, 3.63) is 48.5 Å². The Kier molecular flexibility index (Phi) is 8.52. The van der Waals surface area contributed by atoms with Gasteiger partial charge in [0.05, 0.1) is 24.6 Å². The number of nitrogen functional groups attached to an aromatic ring is 1. The summed E-state index contributed by atoms with van der Waals surface area (Å²) in [4.78, 5) is 21.3. The van der Waals surface area contributed by atoms with Crippen LogP contribution in [0.3, 0.4) is 0 Å². The van der Waals surface area contributed by atoms with Crippen molar-refractivity contribution >= 4 is 25.2 Å². The van der Waals surface area contributed by atoms with Gasteiger partial charge in [0.25, 0.3) is 0 Å². The van der Waals surface area contributed by atoms with Gasteiger partial charge in [-0.3, -0.25) is 9.32 Å². The molecule has 0 bridgehead atoms. The fourth-order valence-corrected chi connectivity index (χ4v) is 6.71. The Hall–Kier alpha value is -3.20. The number of halogens is 1. The average molecular weight is 609 g/mol. The van der Waals surface area contributed by atoms with Gasteiger partial charge >= 0.3 is 13.7 Å². The summed E-state index contributed by atoms with van der Waals surface area (Å²) < 4.78 is 60.0. The second kappa shape index (κ2) is 11.8. The maximum atomic E-state index is 16.0. The summed E-state index contributed by atoms with van der Waals surface area (Å²) in [7, 11) is -4.39. The molecule has 0 aliphatic carbocycles. The first-order valence-corrected chi connectivity index (χ1v) is 15.0. The molecule has 42 heavy (non-hydrogen) atoms. The number of carbonyl (C=O) groups excluding carboxylic acids is 1. The van der Waals surface area contributed by atoms with Gasteiger partial charge in [-0.2, -0.15) is 10.2 Å². The smallest absolute Gasteiger partial charge is 0.459 e. The molecule has 2 aliphatic heterocycles. The molecule has 14 nitrogen and oxygen atoms in total. The van der Waals surface area contributed by atoms with Gasteiger partial charge in [0.15, 0.2) is 17.1 Å². The molecule has 2 fully saturated rings. The normalized spacial score (nSPS) is 27.1. The van der Waals surface area contributed by atoms with Crippen molar-refractivity contribution in [2.75, 3.05) is 25.6 Å². The van der Waals surface area contributed by atoms with E-state index in [4.69, 9.17) is 29.0 Å². The van der Waals surface area contributed by atoms with Gasteiger partial charge in [0.1, 0.15) is 35.9 Å². The zero-order valence-corrected chi connectivity index (χ0v) is 24.3. The maximum Gasteiger partial charge on any atom is 0.459 e. The summed E-state index contributed by atoms with van der Waals surface area (Å²) in [6, 6.07) is 8.22. The van der Waals surface area contributed by atoms with Crippen LogP contribution < -0.4 is 15.3 Å². The Morgan fingerprint density at radius 2 is 2.00 bits per heavy atom. The highest BCUT2D eigenvalue weighted by atomic mass is 31.2. The zero-order chi connectivity index (χ0) is 30.1. The summed E-state index contributed by atoms with van der Waals surface area (Å²) in [5.41, 5.74) is 2.46. The second-order valence-electron chi connectivity index (χ2n) is 10.7. The van der Waals surface area contributed by atoms with Crippen LogP contribution in [-0.4, -0.2) is 80.0 Å². The Bertz CT molecular complexity index is 1450. The molecule has 4 heterocycles. The first kappa shape index (κ1) is 30.3. The van der Waals surface area contributed by atoms with Gasteiger partial charge in [-0.05, 0) is 32.9 Å². The number of ether oxygens (including phenoxy) is 3. The Balaban J connectivity index is 1.40. The molecular weight excluding hydrogens is 574 g/mol. The number of esters is 1. The molecule has 4 N–H and O–H groups in total. The third-order valence-electron chi connectivity index (χ3n) is 7.19. The van der Waals surface area contributed by atoms with Crippen molar-refractivity contribution in [1.82, 2.24) is 24.7 Å². The van der Waals surface area contributed by atoms with Gasteiger partial charge < -0.3 is 29.6 Å². The van der Waals surface area contributed by atoms with E-state index < -0.39 is 55.9 Å². The Morgan fingerprint density at radius 1 is 1.29 bits per heavy atom. The number of anilines is 1. The topological polar surface area (TPSA) is 182 Å². The van der Waals surface area contributed by atoms with Crippen LogP contribution in [0.1, 0.15) is 45.4 Å². The van der Waals surface area contributed by atoms with E-state index in [0.717, 1.165) is 0 Å². The maximum absolute atomic E-state index is 16.0. The standard InChI is InChI=1S/C26H34FN6O8P/c1-16(2)39-24(35)26(9-11-37-12-10-26)32-42(36,41-17-7-5-4-6-8-17)38-14-19-20(34)25(3,27)21(40-19)18-13-29-23-22(28)30-15-31-33(18)23/h4-8,13,15-16,19-21,34H,9-12,14H2,1-3H3,(H,32,36)(H2,28,30,31)/t19-,20-,21+,25-,42?/m1/s1. The lowest BCUT2D eigenvalue weighted by Gasteiger charge is -2.38. The highest BCUT2D eigenvalue weighted by Gasteiger charge is 2.57. The van der Waals surface area contributed by atoms with Crippen molar-refractivity contribution in [3.8, 4) is 5.75 Å². The molecule has 0 radical (unpaired) electrons. The molecule has 16 heteroatoms. The number of carbonyl (C=O) groups is 1. The minimum Gasteiger partial charge on any atom is -0.462 e. The number of aromatic nitrogens is 4. The van der Waals surface area contributed by atoms with Crippen LogP contribution in [0.25, 0.3) is 5.65 Å². The second-order valence-corrected chi connectivity index (χ2v) is 12.3. The lowest BCUT2D eigenvalue weighted by molar-refractivity contribution is -0.159. The molecule has 228 valence electrons. The molecule has 2 aliphatic rings. The fraction of sp³-hybridized carbons (Fsp3) is 0.538. The minimum absolute atomic E-state index is 0.0818. The minimum atomic E-state index is -4.39. The van der Waals surface area contributed by atoms with E-state index in [0.29, 0.717) is 0 Å². The highest BCUT2D eigenvalue weighted by Crippen LogP contribution is 2.50. The van der Waals surface area contributed by atoms with E-state index >= 15 is 4.39 Å². The van der Waals surface area contributed by atoms with E-state index in [2.05, 4.69) is 20.2 Å². The molecule has 3 aromatic rings. The highest BCUT2D eigenvalue weighted by molar-refractivity contribution is 7.52. The van der Waals surface area contributed by atoms with E-state index in [9.17, 15) is 14.5 Å². The molecule has 0 saturated carbocycles. The van der Waals surface area contributed by atoms with Crippen molar-refractivity contribution in [2.45, 2.75) is 69.2 Å². The summed E-state index contributed by atoms with van der Waals surface area (Å²) >= 11 is 0. The van der Waals surface area contributed by atoms with Crippen LogP contribution in [0, 0.1) is 0 Å². The number of nitrogens with one attached hydrogen (secondary N) is 1. The SMILES string of the molecule is CC(C)OC(=O)C1(NP(=O)(OC[C@H]2O[C@@H](c3cnc4c(N)ncnn34)[C@](C)(F)[C@@H]2O)Oc2ccccc2)CCOCC1. The van der Waals surface area contributed by atoms with Crippen molar-refractivity contribution < 1.29 is 42.1 Å². The van der Waals surface area contributed by atoms with Crippen LogP contribution >= 0.6 is 7.75 Å². The van der Waals surface area contributed by atoms with E-state index in [1.165, 1.54) is 24.0 Å². The molecule has 0 spiro atoms. The molecular formula is C26H34FN6O8P. The van der Waals surface area contributed by atoms with Gasteiger partial charge in [0, 0.05) is 26.1 Å². The first-order valence-electron chi connectivity index (χ1n) is 13.5. The predicted molar refractivity (Wildman–Crippen MR) is 146 cm³/mol. The van der Waals surface area contributed by atoms with Crippen LogP contribution in [0.2, 0.25) is 0 Å². The third-order valence-corrected chi connectivity index (χ3v) is 8.83. The van der Waals surface area contributed by atoms with E-state index in [-0.39, 0.29) is 49.0 Å². The lowest BCUT2D eigenvalue weighted by atomic mass is 9.91.